The van der Waals surface area contributed by atoms with E-state index in [1.54, 1.807) is 14.2 Å². The van der Waals surface area contributed by atoms with Crippen LogP contribution < -0.4 is 9.47 Å². The Labute approximate surface area is 163 Å². The Morgan fingerprint density at radius 1 is 0.538 bits per heavy atom. The quantitative estimate of drug-likeness (QED) is 0.410. The van der Waals surface area contributed by atoms with Gasteiger partial charge in [0.25, 0.3) is 0 Å². The van der Waals surface area contributed by atoms with Crippen LogP contribution in [0.1, 0.15) is 0 Å². The molecule has 0 saturated carbocycles. The highest BCUT2D eigenvalue weighted by Gasteiger charge is 2.14. The van der Waals surface area contributed by atoms with E-state index < -0.39 is 0 Å². The molecule has 0 aliphatic carbocycles. The molecule has 0 amide bonds. The first-order valence-corrected chi connectivity index (χ1v) is 9.10. The third kappa shape index (κ3) is 3.00. The Bertz CT molecular complexity index is 1040. The fraction of sp³-hybridized carbons (Fsp3) is 0.0909. The van der Waals surface area contributed by atoms with Crippen molar-refractivity contribution in [2.45, 2.75) is 9.79 Å². The Morgan fingerprint density at radius 3 is 1.35 bits per heavy atom. The molecule has 0 atom stereocenters. The fourth-order valence-corrected chi connectivity index (χ4v) is 3.71. The van der Waals surface area contributed by atoms with Crippen LogP contribution in [0.2, 0.25) is 0 Å². The van der Waals surface area contributed by atoms with E-state index in [2.05, 4.69) is 73.8 Å². The van der Waals surface area contributed by atoms with E-state index in [9.17, 15) is 0 Å². The molecule has 4 rings (SSSR count). The molecule has 4 heteroatoms. The van der Waals surface area contributed by atoms with Crippen molar-refractivity contribution in [2.75, 3.05) is 14.2 Å². The third-order valence-corrected chi connectivity index (χ3v) is 5.13. The summed E-state index contributed by atoms with van der Waals surface area (Å²) in [5, 5.41) is 4.44. The molecule has 0 spiro atoms. The summed E-state index contributed by atoms with van der Waals surface area (Å²) in [6.45, 7) is 0. The summed E-state index contributed by atoms with van der Waals surface area (Å²) in [5.74, 6) is 1.62. The number of benzene rings is 4. The van der Waals surface area contributed by atoms with E-state index in [1.807, 2.05) is 12.1 Å². The monoisotopic (exact) mass is 378 g/mol. The van der Waals surface area contributed by atoms with Crippen LogP contribution in [0.15, 0.2) is 70.5 Å². The van der Waals surface area contributed by atoms with Gasteiger partial charge in [0.1, 0.15) is 11.5 Å². The molecule has 130 valence electrons. The molecule has 0 radical (unpaired) electrons. The molecule has 0 aliphatic rings. The van der Waals surface area contributed by atoms with Crippen LogP contribution in [0, 0.1) is 0 Å². The van der Waals surface area contributed by atoms with Crippen LogP contribution in [0.25, 0.3) is 32.7 Å². The van der Waals surface area contributed by atoms with Crippen molar-refractivity contribution in [3.8, 4) is 22.6 Å². The molecule has 0 bridgehead atoms. The zero-order valence-electron chi connectivity index (χ0n) is 14.5. The van der Waals surface area contributed by atoms with Gasteiger partial charge in [-0.25, -0.2) is 0 Å². The zero-order valence-corrected chi connectivity index (χ0v) is 16.3. The molecule has 26 heavy (non-hydrogen) atoms. The minimum absolute atomic E-state index is 0.809. The second kappa shape index (κ2) is 6.78. The Morgan fingerprint density at radius 2 is 0.962 bits per heavy atom. The van der Waals surface area contributed by atoms with Gasteiger partial charge >= 0.3 is 0 Å². The van der Waals surface area contributed by atoms with Gasteiger partial charge in [-0.2, -0.15) is 0 Å². The van der Waals surface area contributed by atoms with Gasteiger partial charge in [0, 0.05) is 20.9 Å². The molecule has 4 aromatic carbocycles. The molecule has 0 aromatic heterocycles. The van der Waals surface area contributed by atoms with Crippen molar-refractivity contribution >= 4 is 46.8 Å². The number of rotatable bonds is 3. The van der Waals surface area contributed by atoms with Crippen LogP contribution >= 0.6 is 25.3 Å². The van der Waals surface area contributed by atoms with E-state index in [0.29, 0.717) is 0 Å². The predicted molar refractivity (Wildman–Crippen MR) is 114 cm³/mol. The molecule has 0 heterocycles. The van der Waals surface area contributed by atoms with Gasteiger partial charge in [0.15, 0.2) is 0 Å². The lowest BCUT2D eigenvalue weighted by Gasteiger charge is -2.15. The number of fused-ring (bicyclic) bond motifs is 2. The van der Waals surface area contributed by atoms with E-state index >= 15 is 0 Å². The van der Waals surface area contributed by atoms with Crippen molar-refractivity contribution in [1.29, 1.82) is 0 Å². The van der Waals surface area contributed by atoms with Crippen molar-refractivity contribution < 1.29 is 9.47 Å². The number of ether oxygens (including phenoxy) is 2. The second-order valence-corrected chi connectivity index (χ2v) is 7.20. The molecule has 4 aromatic rings. The summed E-state index contributed by atoms with van der Waals surface area (Å²) in [7, 11) is 3.38. The number of thiol groups is 2. The summed E-state index contributed by atoms with van der Waals surface area (Å²) in [5.41, 5.74) is 1.98. The highest BCUT2D eigenvalue weighted by molar-refractivity contribution is 7.80. The zero-order chi connectivity index (χ0) is 18.3. The standard InChI is InChI=1S/C22H18O2S2/c1-23-21-11-13-3-5-17(25)7-15(13)9-19(21)20-10-16-8-18(26)6-4-14(16)12-22(20)24-2/h3-12,25-26H,1-2H3. The van der Waals surface area contributed by atoms with Crippen LogP contribution in [0.4, 0.5) is 0 Å². The van der Waals surface area contributed by atoms with E-state index in [4.69, 9.17) is 9.47 Å². The first-order chi connectivity index (χ1) is 12.6. The van der Waals surface area contributed by atoms with Gasteiger partial charge in [-0.15, -0.1) is 25.3 Å². The highest BCUT2D eigenvalue weighted by Crippen LogP contribution is 2.41. The molecule has 0 saturated heterocycles. The molecular weight excluding hydrogens is 360 g/mol. The lowest BCUT2D eigenvalue weighted by molar-refractivity contribution is 0.411. The maximum atomic E-state index is 5.68. The maximum absolute atomic E-state index is 5.68. The lowest BCUT2D eigenvalue weighted by Crippen LogP contribution is -1.93. The Balaban J connectivity index is 2.04. The minimum Gasteiger partial charge on any atom is -0.496 e. The van der Waals surface area contributed by atoms with E-state index in [1.165, 1.54) is 0 Å². The molecule has 0 fully saturated rings. The first-order valence-electron chi connectivity index (χ1n) is 8.21. The van der Waals surface area contributed by atoms with Crippen molar-refractivity contribution in [3.63, 3.8) is 0 Å². The average Bonchev–Trinajstić information content (AvgIpc) is 2.65. The topological polar surface area (TPSA) is 18.5 Å². The summed E-state index contributed by atoms with van der Waals surface area (Å²) in [6, 6.07) is 20.5. The molecule has 0 unspecified atom stereocenters. The SMILES string of the molecule is COc1cc2ccc(S)cc2cc1-c1cc2cc(S)ccc2cc1OC. The Kier molecular flexibility index (Phi) is 4.47. The molecular formula is C22H18O2S2. The predicted octanol–water partition coefficient (Wildman–Crippen LogP) is 6.25. The largest absolute Gasteiger partial charge is 0.496 e. The first kappa shape index (κ1) is 17.1. The molecule has 0 N–H and O–H groups in total. The van der Waals surface area contributed by atoms with Crippen molar-refractivity contribution in [2.24, 2.45) is 0 Å². The lowest BCUT2D eigenvalue weighted by atomic mass is 9.96. The summed E-state index contributed by atoms with van der Waals surface area (Å²) < 4.78 is 11.4. The van der Waals surface area contributed by atoms with Gasteiger partial charge < -0.3 is 9.47 Å². The average molecular weight is 379 g/mol. The van der Waals surface area contributed by atoms with Crippen LogP contribution in [0.3, 0.4) is 0 Å². The smallest absolute Gasteiger partial charge is 0.127 e. The van der Waals surface area contributed by atoms with Crippen molar-refractivity contribution in [1.82, 2.24) is 0 Å². The van der Waals surface area contributed by atoms with Crippen LogP contribution in [-0.4, -0.2) is 14.2 Å². The van der Waals surface area contributed by atoms with Gasteiger partial charge in [0.2, 0.25) is 0 Å². The second-order valence-electron chi connectivity index (χ2n) is 6.17. The number of hydrogen-bond acceptors (Lipinski definition) is 4. The van der Waals surface area contributed by atoms with Gasteiger partial charge in [-0.3, -0.25) is 0 Å². The van der Waals surface area contributed by atoms with Crippen LogP contribution in [-0.2, 0) is 0 Å². The summed E-state index contributed by atoms with van der Waals surface area (Å²) in [6.07, 6.45) is 0. The summed E-state index contributed by atoms with van der Waals surface area (Å²) >= 11 is 8.93. The fourth-order valence-electron chi connectivity index (χ4n) is 3.29. The minimum atomic E-state index is 0.809. The van der Waals surface area contributed by atoms with Crippen LogP contribution in [0.5, 0.6) is 11.5 Å². The maximum Gasteiger partial charge on any atom is 0.127 e. The van der Waals surface area contributed by atoms with Crippen molar-refractivity contribution in [3.05, 3.63) is 60.7 Å². The number of hydrogen-bond donors (Lipinski definition) is 2. The molecule has 0 aliphatic heterocycles. The Hall–Kier alpha value is -2.30. The third-order valence-electron chi connectivity index (χ3n) is 4.57. The summed E-state index contributed by atoms with van der Waals surface area (Å²) in [4.78, 5) is 1.86. The van der Waals surface area contributed by atoms with E-state index in [-0.39, 0.29) is 0 Å². The highest BCUT2D eigenvalue weighted by atomic mass is 32.1. The number of methoxy groups -OCH3 is 2. The van der Waals surface area contributed by atoms with Gasteiger partial charge in [-0.05, 0) is 70.1 Å². The van der Waals surface area contributed by atoms with Gasteiger partial charge in [0.05, 0.1) is 14.2 Å². The van der Waals surface area contributed by atoms with E-state index in [0.717, 1.165) is 54.0 Å². The van der Waals surface area contributed by atoms with Gasteiger partial charge in [-0.1, -0.05) is 12.1 Å². The normalized spacial score (nSPS) is 11.1. The molecule has 2 nitrogen and oxygen atoms in total.